The topological polar surface area (TPSA) is 29.1 Å². The Kier molecular flexibility index (Phi) is 5.37. The van der Waals surface area contributed by atoms with E-state index in [0.29, 0.717) is 5.56 Å². The van der Waals surface area contributed by atoms with Crippen LogP contribution in [0.4, 0.5) is 4.39 Å². The van der Waals surface area contributed by atoms with Gasteiger partial charge in [-0.2, -0.15) is 0 Å². The first-order chi connectivity index (χ1) is 12.2. The minimum Gasteiger partial charge on any atom is -0.342 e. The summed E-state index contributed by atoms with van der Waals surface area (Å²) >= 11 is 0. The number of carbonyl (C=O) groups is 1. The normalized spacial score (nSPS) is 11.0. The number of halogens is 1. The van der Waals surface area contributed by atoms with Crippen molar-refractivity contribution in [1.82, 2.24) is 5.32 Å². The molecule has 1 amide bonds. The highest BCUT2D eigenvalue weighted by Gasteiger charge is 2.15. The number of carbonyl (C=O) groups excluding carboxylic acids is 1. The van der Waals surface area contributed by atoms with E-state index in [1.54, 1.807) is 18.2 Å². The Hall–Kier alpha value is -3.20. The van der Waals surface area contributed by atoms with E-state index in [9.17, 15) is 9.18 Å². The lowest BCUT2D eigenvalue weighted by Crippen LogP contribution is -2.27. The molecular weight excluding hydrogens is 313 g/mol. The zero-order chi connectivity index (χ0) is 17.5. The second-order valence-electron chi connectivity index (χ2n) is 5.65. The first-order valence-corrected chi connectivity index (χ1v) is 8.06. The number of benzene rings is 3. The fourth-order valence-corrected chi connectivity index (χ4v) is 2.62. The molecule has 0 atom stereocenters. The van der Waals surface area contributed by atoms with Gasteiger partial charge in [0, 0.05) is 6.08 Å². The van der Waals surface area contributed by atoms with Gasteiger partial charge in [-0.15, -0.1) is 0 Å². The predicted octanol–water partition coefficient (Wildman–Crippen LogP) is 4.74. The molecule has 0 heterocycles. The molecule has 0 bridgehead atoms. The molecule has 0 saturated carbocycles. The number of hydrogen-bond donors (Lipinski definition) is 1. The van der Waals surface area contributed by atoms with Crippen LogP contribution in [-0.4, -0.2) is 5.91 Å². The van der Waals surface area contributed by atoms with Gasteiger partial charge in [-0.25, -0.2) is 4.39 Å². The van der Waals surface area contributed by atoms with Gasteiger partial charge in [0.1, 0.15) is 5.82 Å². The predicted molar refractivity (Wildman–Crippen MR) is 98.3 cm³/mol. The van der Waals surface area contributed by atoms with E-state index >= 15 is 0 Å². The van der Waals surface area contributed by atoms with E-state index in [0.717, 1.165) is 11.1 Å². The first-order valence-electron chi connectivity index (χ1n) is 8.06. The van der Waals surface area contributed by atoms with Crippen LogP contribution < -0.4 is 5.32 Å². The lowest BCUT2D eigenvalue weighted by atomic mass is 9.98. The molecule has 3 heteroatoms. The zero-order valence-corrected chi connectivity index (χ0v) is 13.6. The molecule has 3 aromatic carbocycles. The molecule has 0 aliphatic heterocycles. The van der Waals surface area contributed by atoms with Gasteiger partial charge in [0.2, 0.25) is 5.91 Å². The molecule has 3 aromatic rings. The summed E-state index contributed by atoms with van der Waals surface area (Å²) in [7, 11) is 0. The van der Waals surface area contributed by atoms with Gasteiger partial charge in [-0.1, -0.05) is 72.8 Å². The molecule has 0 aromatic heterocycles. The average molecular weight is 331 g/mol. The molecular formula is C22H18FNO. The summed E-state index contributed by atoms with van der Waals surface area (Å²) in [5.74, 6) is -0.559. The van der Waals surface area contributed by atoms with Crippen molar-refractivity contribution in [3.8, 4) is 0 Å². The third kappa shape index (κ3) is 4.64. The second kappa shape index (κ2) is 8.06. The van der Waals surface area contributed by atoms with Crippen molar-refractivity contribution in [3.05, 3.63) is 114 Å². The third-order valence-corrected chi connectivity index (χ3v) is 3.83. The minimum absolute atomic E-state index is 0.234. The largest absolute Gasteiger partial charge is 0.342 e. The van der Waals surface area contributed by atoms with Crippen LogP contribution in [0.2, 0.25) is 0 Å². The van der Waals surface area contributed by atoms with Crippen molar-refractivity contribution >= 4 is 12.0 Å². The fraction of sp³-hybridized carbons (Fsp3) is 0.0455. The molecule has 2 nitrogen and oxygen atoms in total. The van der Waals surface area contributed by atoms with Crippen molar-refractivity contribution in [2.24, 2.45) is 0 Å². The van der Waals surface area contributed by atoms with Crippen molar-refractivity contribution in [1.29, 1.82) is 0 Å². The average Bonchev–Trinajstić information content (AvgIpc) is 2.66. The van der Waals surface area contributed by atoms with Gasteiger partial charge in [0.25, 0.3) is 0 Å². The van der Waals surface area contributed by atoms with Crippen LogP contribution in [0, 0.1) is 5.82 Å². The highest BCUT2D eigenvalue weighted by atomic mass is 19.1. The van der Waals surface area contributed by atoms with Crippen LogP contribution >= 0.6 is 0 Å². The lowest BCUT2D eigenvalue weighted by molar-refractivity contribution is -0.116. The Labute approximate surface area is 146 Å². The van der Waals surface area contributed by atoms with Crippen molar-refractivity contribution in [2.75, 3.05) is 0 Å². The Morgan fingerprint density at radius 1 is 0.840 bits per heavy atom. The van der Waals surface area contributed by atoms with Crippen LogP contribution in [0.5, 0.6) is 0 Å². The minimum atomic E-state index is -0.325. The number of rotatable bonds is 5. The first kappa shape index (κ1) is 16.7. The zero-order valence-electron chi connectivity index (χ0n) is 13.6. The summed E-state index contributed by atoms with van der Waals surface area (Å²) in [5.41, 5.74) is 2.65. The molecule has 3 rings (SSSR count). The van der Waals surface area contributed by atoms with E-state index in [4.69, 9.17) is 0 Å². The molecule has 0 aliphatic carbocycles. The number of amides is 1. The second-order valence-corrected chi connectivity index (χ2v) is 5.65. The Morgan fingerprint density at radius 2 is 1.44 bits per heavy atom. The highest BCUT2D eigenvalue weighted by Crippen LogP contribution is 2.21. The Bertz CT molecular complexity index is 820. The number of hydrogen-bond acceptors (Lipinski definition) is 1. The molecule has 25 heavy (non-hydrogen) atoms. The Morgan fingerprint density at radius 3 is 2.00 bits per heavy atom. The van der Waals surface area contributed by atoms with Crippen LogP contribution in [0.3, 0.4) is 0 Å². The lowest BCUT2D eigenvalue weighted by Gasteiger charge is -2.19. The maximum absolute atomic E-state index is 13.2. The summed E-state index contributed by atoms with van der Waals surface area (Å²) in [6.45, 7) is 0. The maximum atomic E-state index is 13.2. The third-order valence-electron chi connectivity index (χ3n) is 3.83. The van der Waals surface area contributed by atoms with Gasteiger partial charge >= 0.3 is 0 Å². The molecule has 0 spiro atoms. The van der Waals surface area contributed by atoms with Gasteiger partial charge < -0.3 is 5.32 Å². The quantitative estimate of drug-likeness (QED) is 0.672. The molecule has 0 radical (unpaired) electrons. The smallest absolute Gasteiger partial charge is 0.244 e. The van der Waals surface area contributed by atoms with Crippen LogP contribution in [0.25, 0.3) is 6.08 Å². The molecule has 0 fully saturated rings. The van der Waals surface area contributed by atoms with Crippen molar-refractivity contribution in [2.45, 2.75) is 6.04 Å². The monoisotopic (exact) mass is 331 g/mol. The molecule has 0 aliphatic rings. The molecule has 124 valence electrons. The van der Waals surface area contributed by atoms with Crippen LogP contribution in [0.15, 0.2) is 91.0 Å². The fourth-order valence-electron chi connectivity index (χ4n) is 2.62. The van der Waals surface area contributed by atoms with Crippen LogP contribution in [-0.2, 0) is 4.79 Å². The van der Waals surface area contributed by atoms with E-state index in [2.05, 4.69) is 5.32 Å². The SMILES string of the molecule is O=C(/C=C/c1cccc(F)c1)NC(c1ccccc1)c1ccccc1. The molecule has 1 N–H and O–H groups in total. The summed E-state index contributed by atoms with van der Waals surface area (Å²) in [4.78, 5) is 12.4. The highest BCUT2D eigenvalue weighted by molar-refractivity contribution is 5.92. The van der Waals surface area contributed by atoms with Gasteiger partial charge in [-0.05, 0) is 34.9 Å². The van der Waals surface area contributed by atoms with E-state index in [1.165, 1.54) is 18.2 Å². The van der Waals surface area contributed by atoms with Gasteiger partial charge in [0.15, 0.2) is 0 Å². The van der Waals surface area contributed by atoms with E-state index in [-0.39, 0.29) is 17.8 Å². The van der Waals surface area contributed by atoms with Gasteiger partial charge in [-0.3, -0.25) is 4.79 Å². The molecule has 0 unspecified atom stereocenters. The standard InChI is InChI=1S/C22H18FNO/c23-20-13-7-8-17(16-20)14-15-21(25)24-22(18-9-3-1-4-10-18)19-11-5-2-6-12-19/h1-16,22H,(H,24,25)/b15-14+. The van der Waals surface area contributed by atoms with Crippen LogP contribution in [0.1, 0.15) is 22.7 Å². The maximum Gasteiger partial charge on any atom is 0.244 e. The summed E-state index contributed by atoms with van der Waals surface area (Å²) < 4.78 is 13.2. The summed E-state index contributed by atoms with van der Waals surface area (Å²) in [6, 6.07) is 25.5. The summed E-state index contributed by atoms with van der Waals surface area (Å²) in [5, 5.41) is 3.01. The summed E-state index contributed by atoms with van der Waals surface area (Å²) in [6.07, 6.45) is 3.03. The Balaban J connectivity index is 1.79. The molecule has 0 saturated heterocycles. The van der Waals surface area contributed by atoms with E-state index < -0.39 is 0 Å². The number of nitrogens with one attached hydrogen (secondary N) is 1. The van der Waals surface area contributed by atoms with Crippen molar-refractivity contribution < 1.29 is 9.18 Å². The van der Waals surface area contributed by atoms with Gasteiger partial charge in [0.05, 0.1) is 6.04 Å². The van der Waals surface area contributed by atoms with Crippen molar-refractivity contribution in [3.63, 3.8) is 0 Å². The van der Waals surface area contributed by atoms with E-state index in [1.807, 2.05) is 60.7 Å².